The minimum absolute atomic E-state index is 0.00156. The van der Waals surface area contributed by atoms with Crippen LogP contribution in [0.15, 0.2) is 41.9 Å². The van der Waals surface area contributed by atoms with Gasteiger partial charge in [-0.25, -0.2) is 4.98 Å². The molecule has 0 aliphatic carbocycles. The average Bonchev–Trinajstić information content (AvgIpc) is 3.28. The molecule has 2 N–H and O–H groups in total. The monoisotopic (exact) mass is 396 g/mol. The molecule has 0 aliphatic rings. The molecule has 3 rings (SSSR count). The zero-order valence-electron chi connectivity index (χ0n) is 16.3. The Morgan fingerprint density at radius 1 is 1.21 bits per heavy atom. The Balaban J connectivity index is 1.68. The van der Waals surface area contributed by atoms with Crippen molar-refractivity contribution >= 4 is 28.8 Å². The third-order valence-corrected chi connectivity index (χ3v) is 5.18. The van der Waals surface area contributed by atoms with E-state index in [0.29, 0.717) is 18.5 Å². The van der Waals surface area contributed by atoms with E-state index >= 15 is 0 Å². The quantitative estimate of drug-likeness (QED) is 0.628. The Bertz CT molecular complexity index is 976. The first-order valence-electron chi connectivity index (χ1n) is 9.25. The van der Waals surface area contributed by atoms with E-state index in [-0.39, 0.29) is 11.8 Å². The van der Waals surface area contributed by atoms with Crippen LogP contribution < -0.4 is 10.6 Å². The second kappa shape index (κ2) is 8.84. The molecule has 0 fully saturated rings. The third-order valence-electron chi connectivity index (χ3n) is 4.43. The van der Waals surface area contributed by atoms with Gasteiger partial charge in [0.05, 0.1) is 5.56 Å². The lowest BCUT2D eigenvalue weighted by Gasteiger charge is -2.09. The highest BCUT2D eigenvalue weighted by molar-refractivity contribution is 7.12. The van der Waals surface area contributed by atoms with Crippen molar-refractivity contribution in [3.63, 3.8) is 0 Å². The van der Waals surface area contributed by atoms with E-state index in [9.17, 15) is 9.59 Å². The predicted molar refractivity (Wildman–Crippen MR) is 112 cm³/mol. The van der Waals surface area contributed by atoms with Gasteiger partial charge in [0.25, 0.3) is 5.91 Å². The Morgan fingerprint density at radius 3 is 2.75 bits per heavy atom. The summed E-state index contributed by atoms with van der Waals surface area (Å²) in [6.45, 7) is 6.25. The molecule has 2 heterocycles. The highest BCUT2D eigenvalue weighted by Gasteiger charge is 2.17. The topological polar surface area (TPSA) is 76.0 Å². The molecule has 2 aromatic heterocycles. The van der Waals surface area contributed by atoms with Crippen LogP contribution in [0.4, 0.5) is 5.69 Å². The highest BCUT2D eigenvalue weighted by Crippen LogP contribution is 2.22. The van der Waals surface area contributed by atoms with Crippen LogP contribution in [0.3, 0.4) is 0 Å². The van der Waals surface area contributed by atoms with Gasteiger partial charge in [-0.1, -0.05) is 19.1 Å². The predicted octanol–water partition coefficient (Wildman–Crippen LogP) is 4.22. The summed E-state index contributed by atoms with van der Waals surface area (Å²) in [5, 5.41) is 8.61. The molecule has 0 bridgehead atoms. The number of nitrogens with zero attached hydrogens (tertiary/aromatic N) is 2. The van der Waals surface area contributed by atoms with Gasteiger partial charge >= 0.3 is 0 Å². The van der Waals surface area contributed by atoms with Gasteiger partial charge in [-0.3, -0.25) is 14.2 Å². The molecule has 0 radical (unpaired) electrons. The van der Waals surface area contributed by atoms with Crippen LogP contribution in [-0.4, -0.2) is 21.4 Å². The molecular formula is C21H24N4O2S. The molecule has 146 valence electrons. The van der Waals surface area contributed by atoms with Crippen molar-refractivity contribution in [3.8, 4) is 5.13 Å². The highest BCUT2D eigenvalue weighted by atomic mass is 32.1. The molecule has 1 aromatic carbocycles. The standard InChI is InChI=1S/C21H24N4O2S/c1-4-6-19(26)24-17-8-5-7-16(12-17)13-23-20(27)18-11-14(2)25(15(18)3)21-22-9-10-28-21/h5,7-12H,4,6,13H2,1-3H3,(H,23,27)(H,24,26). The number of anilines is 1. The van der Waals surface area contributed by atoms with Crippen molar-refractivity contribution in [1.29, 1.82) is 0 Å². The maximum Gasteiger partial charge on any atom is 0.253 e. The van der Waals surface area contributed by atoms with Crippen molar-refractivity contribution < 1.29 is 9.59 Å². The van der Waals surface area contributed by atoms with Gasteiger partial charge in [-0.05, 0) is 44.0 Å². The fourth-order valence-corrected chi connectivity index (χ4v) is 3.85. The smallest absolute Gasteiger partial charge is 0.253 e. The maximum absolute atomic E-state index is 12.7. The third kappa shape index (κ3) is 4.48. The number of benzene rings is 1. The number of rotatable bonds is 7. The van der Waals surface area contributed by atoms with Gasteiger partial charge in [0, 0.05) is 41.6 Å². The molecule has 0 unspecified atom stereocenters. The lowest BCUT2D eigenvalue weighted by Crippen LogP contribution is -2.23. The lowest BCUT2D eigenvalue weighted by atomic mass is 10.1. The van der Waals surface area contributed by atoms with E-state index < -0.39 is 0 Å². The lowest BCUT2D eigenvalue weighted by molar-refractivity contribution is -0.116. The summed E-state index contributed by atoms with van der Waals surface area (Å²) >= 11 is 1.54. The summed E-state index contributed by atoms with van der Waals surface area (Å²) in [4.78, 5) is 28.8. The van der Waals surface area contributed by atoms with Crippen molar-refractivity contribution in [2.24, 2.45) is 0 Å². The molecule has 3 aromatic rings. The second-order valence-corrected chi connectivity index (χ2v) is 7.49. The SMILES string of the molecule is CCCC(=O)Nc1cccc(CNC(=O)c2cc(C)n(-c3nccs3)c2C)c1. The number of hydrogen-bond acceptors (Lipinski definition) is 4. The second-order valence-electron chi connectivity index (χ2n) is 6.62. The van der Waals surface area contributed by atoms with Crippen LogP contribution in [-0.2, 0) is 11.3 Å². The molecule has 28 heavy (non-hydrogen) atoms. The van der Waals surface area contributed by atoms with E-state index in [4.69, 9.17) is 0 Å². The van der Waals surface area contributed by atoms with Crippen molar-refractivity contribution in [3.05, 3.63) is 64.4 Å². The van der Waals surface area contributed by atoms with Crippen molar-refractivity contribution in [2.45, 2.75) is 40.2 Å². The fourth-order valence-electron chi connectivity index (χ4n) is 3.10. The zero-order valence-corrected chi connectivity index (χ0v) is 17.1. The van der Waals surface area contributed by atoms with Gasteiger partial charge in [0.1, 0.15) is 0 Å². The van der Waals surface area contributed by atoms with E-state index in [1.807, 2.05) is 61.1 Å². The first kappa shape index (κ1) is 19.8. The van der Waals surface area contributed by atoms with Crippen molar-refractivity contribution in [2.75, 3.05) is 5.32 Å². The number of hydrogen-bond donors (Lipinski definition) is 2. The molecule has 0 saturated heterocycles. The molecular weight excluding hydrogens is 372 g/mol. The normalized spacial score (nSPS) is 10.7. The number of thiazole rings is 1. The number of aryl methyl sites for hydroxylation is 1. The maximum atomic E-state index is 12.7. The van der Waals surface area contributed by atoms with Gasteiger partial charge < -0.3 is 10.6 Å². The number of nitrogens with one attached hydrogen (secondary N) is 2. The molecule has 0 saturated carbocycles. The Kier molecular flexibility index (Phi) is 6.26. The first-order valence-corrected chi connectivity index (χ1v) is 10.1. The van der Waals surface area contributed by atoms with Crippen LogP contribution in [0.25, 0.3) is 5.13 Å². The van der Waals surface area contributed by atoms with Crippen molar-refractivity contribution in [1.82, 2.24) is 14.9 Å². The van der Waals surface area contributed by atoms with Gasteiger partial charge in [-0.15, -0.1) is 11.3 Å². The molecule has 7 heteroatoms. The summed E-state index contributed by atoms with van der Waals surface area (Å²) in [5.74, 6) is -0.130. The van der Waals surface area contributed by atoms with E-state index in [2.05, 4.69) is 15.6 Å². The van der Waals surface area contributed by atoms with Crippen LogP contribution in [0.1, 0.15) is 47.1 Å². The minimum atomic E-state index is -0.128. The number of aromatic nitrogens is 2. The number of carbonyl (C=O) groups is 2. The van der Waals surface area contributed by atoms with Crippen LogP contribution in [0, 0.1) is 13.8 Å². The summed E-state index contributed by atoms with van der Waals surface area (Å²) in [6, 6.07) is 9.41. The summed E-state index contributed by atoms with van der Waals surface area (Å²) in [5.41, 5.74) is 4.15. The zero-order chi connectivity index (χ0) is 20.1. The number of carbonyl (C=O) groups excluding carboxylic acids is 2. The molecule has 0 spiro atoms. The Morgan fingerprint density at radius 2 is 2.04 bits per heavy atom. The average molecular weight is 397 g/mol. The van der Waals surface area contributed by atoms with Gasteiger partial charge in [0.15, 0.2) is 5.13 Å². The van der Waals surface area contributed by atoms with E-state index in [0.717, 1.165) is 34.2 Å². The van der Waals surface area contributed by atoms with Gasteiger partial charge in [0.2, 0.25) is 5.91 Å². The van der Waals surface area contributed by atoms with E-state index in [1.165, 1.54) is 11.3 Å². The largest absolute Gasteiger partial charge is 0.348 e. The van der Waals surface area contributed by atoms with Gasteiger partial charge in [-0.2, -0.15) is 0 Å². The molecule has 2 amide bonds. The number of amides is 2. The summed E-state index contributed by atoms with van der Waals surface area (Å²) in [6.07, 6.45) is 3.06. The first-order chi connectivity index (χ1) is 13.5. The fraction of sp³-hybridized carbons (Fsp3) is 0.286. The molecule has 0 aliphatic heterocycles. The van der Waals surface area contributed by atoms with Crippen LogP contribution in [0.5, 0.6) is 0 Å². The van der Waals surface area contributed by atoms with Crippen LogP contribution >= 0.6 is 11.3 Å². The molecule has 0 atom stereocenters. The minimum Gasteiger partial charge on any atom is -0.348 e. The van der Waals surface area contributed by atoms with E-state index in [1.54, 1.807) is 6.20 Å². The summed E-state index contributed by atoms with van der Waals surface area (Å²) in [7, 11) is 0. The Labute approximate surface area is 168 Å². The summed E-state index contributed by atoms with van der Waals surface area (Å²) < 4.78 is 1.99. The molecule has 6 nitrogen and oxygen atoms in total. The Hall–Kier alpha value is -2.93. The van der Waals surface area contributed by atoms with Crippen LogP contribution in [0.2, 0.25) is 0 Å².